The molecule has 0 aromatic heterocycles. The van der Waals surface area contributed by atoms with E-state index < -0.39 is 0 Å². The summed E-state index contributed by atoms with van der Waals surface area (Å²) in [5.74, 6) is 1.56. The molecule has 108 valence electrons. The van der Waals surface area contributed by atoms with Crippen LogP contribution in [0.25, 0.3) is 0 Å². The van der Waals surface area contributed by atoms with Crippen molar-refractivity contribution in [1.29, 1.82) is 0 Å². The molecule has 0 amide bonds. The largest absolute Gasteiger partial charge is 0.493 e. The maximum Gasteiger partial charge on any atom is 0.162 e. The van der Waals surface area contributed by atoms with Gasteiger partial charge in [0.05, 0.1) is 6.61 Å². The van der Waals surface area contributed by atoms with Crippen LogP contribution in [0.15, 0.2) is 24.3 Å². The van der Waals surface area contributed by atoms with Gasteiger partial charge in [0.15, 0.2) is 5.78 Å². The lowest BCUT2D eigenvalue weighted by Gasteiger charge is -2.08. The number of hydrogen-bond acceptors (Lipinski definition) is 3. The van der Waals surface area contributed by atoms with Gasteiger partial charge in [0, 0.05) is 12.0 Å². The first kappa shape index (κ1) is 17.6. The van der Waals surface area contributed by atoms with Crippen LogP contribution in [0.4, 0.5) is 0 Å². The van der Waals surface area contributed by atoms with E-state index in [9.17, 15) is 4.79 Å². The zero-order valence-electron chi connectivity index (χ0n) is 12.8. The van der Waals surface area contributed by atoms with Gasteiger partial charge in [-0.05, 0) is 50.7 Å². The Morgan fingerprint density at radius 2 is 1.74 bits per heavy atom. The summed E-state index contributed by atoms with van der Waals surface area (Å²) >= 11 is 0. The van der Waals surface area contributed by atoms with Crippen molar-refractivity contribution < 1.29 is 9.53 Å². The highest BCUT2D eigenvalue weighted by Crippen LogP contribution is 2.14. The molecule has 3 nitrogen and oxygen atoms in total. The Morgan fingerprint density at radius 3 is 2.16 bits per heavy atom. The van der Waals surface area contributed by atoms with E-state index in [1.165, 1.54) is 0 Å². The van der Waals surface area contributed by atoms with Crippen molar-refractivity contribution in [3.63, 3.8) is 0 Å². The lowest BCUT2D eigenvalue weighted by Crippen LogP contribution is -2.04. The standard InChI is InChI=1S/C14H20O2.C2H7N/c1-4-5-14(15)12-6-8-13(9-7-12)16-10-11(2)3;1-3-2/h6-9,11H,4-5,10H2,1-3H3;3H,1-2H3. The molecule has 0 aliphatic carbocycles. The van der Waals surface area contributed by atoms with Crippen LogP contribution in [0.3, 0.4) is 0 Å². The molecule has 0 bridgehead atoms. The van der Waals surface area contributed by atoms with E-state index in [1.54, 1.807) is 0 Å². The number of ketones is 1. The molecule has 0 heterocycles. The molecule has 0 radical (unpaired) electrons. The predicted molar refractivity (Wildman–Crippen MR) is 81.0 cm³/mol. The molecule has 1 aromatic rings. The molecule has 0 saturated heterocycles. The normalized spacial score (nSPS) is 9.79. The van der Waals surface area contributed by atoms with E-state index >= 15 is 0 Å². The average molecular weight is 265 g/mol. The lowest BCUT2D eigenvalue weighted by molar-refractivity contribution is 0.0981. The molecule has 3 heteroatoms. The summed E-state index contributed by atoms with van der Waals surface area (Å²) in [6.45, 7) is 6.94. The number of carbonyl (C=O) groups excluding carboxylic acids is 1. The minimum Gasteiger partial charge on any atom is -0.493 e. The minimum atomic E-state index is 0.206. The van der Waals surface area contributed by atoms with E-state index in [-0.39, 0.29) is 5.78 Å². The highest BCUT2D eigenvalue weighted by atomic mass is 16.5. The van der Waals surface area contributed by atoms with Gasteiger partial charge in [-0.2, -0.15) is 0 Å². The summed E-state index contributed by atoms with van der Waals surface area (Å²) in [4.78, 5) is 11.6. The van der Waals surface area contributed by atoms with Crippen LogP contribution in [0.5, 0.6) is 5.75 Å². The van der Waals surface area contributed by atoms with Crippen LogP contribution in [-0.4, -0.2) is 26.5 Å². The Balaban J connectivity index is 0.000000982. The number of benzene rings is 1. The molecule has 0 aliphatic rings. The van der Waals surface area contributed by atoms with E-state index in [4.69, 9.17) is 4.74 Å². The molecule has 0 spiro atoms. The fourth-order valence-corrected chi connectivity index (χ4v) is 1.37. The highest BCUT2D eigenvalue weighted by molar-refractivity contribution is 5.96. The maximum absolute atomic E-state index is 11.6. The number of hydrogen-bond donors (Lipinski definition) is 1. The van der Waals surface area contributed by atoms with Crippen LogP contribution in [0.1, 0.15) is 44.0 Å². The summed E-state index contributed by atoms with van der Waals surface area (Å²) in [6.07, 6.45) is 1.51. The SMILES string of the molecule is CCCC(=O)c1ccc(OCC(C)C)cc1.CNC. The highest BCUT2D eigenvalue weighted by Gasteiger charge is 2.04. The van der Waals surface area contributed by atoms with Crippen molar-refractivity contribution in [3.05, 3.63) is 29.8 Å². The number of ether oxygens (including phenoxy) is 1. The Morgan fingerprint density at radius 1 is 1.21 bits per heavy atom. The average Bonchev–Trinajstić information content (AvgIpc) is 2.38. The molecule has 19 heavy (non-hydrogen) atoms. The molecule has 1 rings (SSSR count). The topological polar surface area (TPSA) is 38.3 Å². The maximum atomic E-state index is 11.6. The molecule has 0 unspecified atom stereocenters. The molecular weight excluding hydrogens is 238 g/mol. The van der Waals surface area contributed by atoms with Crippen molar-refractivity contribution >= 4 is 5.78 Å². The third kappa shape index (κ3) is 8.38. The first-order valence-corrected chi connectivity index (χ1v) is 6.89. The second-order valence-electron chi connectivity index (χ2n) is 4.90. The minimum absolute atomic E-state index is 0.206. The van der Waals surface area contributed by atoms with Crippen LogP contribution in [0, 0.1) is 5.92 Å². The first-order valence-electron chi connectivity index (χ1n) is 6.89. The number of rotatable bonds is 6. The Bertz CT molecular complexity index is 344. The number of Topliss-reactive ketones (excluding diaryl/α,β-unsaturated/α-hetero) is 1. The zero-order chi connectivity index (χ0) is 14.7. The van der Waals surface area contributed by atoms with Gasteiger partial charge in [0.1, 0.15) is 5.75 Å². The lowest BCUT2D eigenvalue weighted by atomic mass is 10.1. The molecule has 0 aliphatic heterocycles. The summed E-state index contributed by atoms with van der Waals surface area (Å²) in [7, 11) is 3.75. The Kier molecular flexibility index (Phi) is 9.81. The molecule has 1 aromatic carbocycles. The summed E-state index contributed by atoms with van der Waals surface area (Å²) in [5, 5.41) is 2.75. The molecule has 1 N–H and O–H groups in total. The van der Waals surface area contributed by atoms with Crippen molar-refractivity contribution in [1.82, 2.24) is 5.32 Å². The van der Waals surface area contributed by atoms with Gasteiger partial charge >= 0.3 is 0 Å². The van der Waals surface area contributed by atoms with Gasteiger partial charge in [-0.15, -0.1) is 0 Å². The summed E-state index contributed by atoms with van der Waals surface area (Å²) < 4.78 is 5.55. The van der Waals surface area contributed by atoms with Gasteiger partial charge < -0.3 is 10.1 Å². The van der Waals surface area contributed by atoms with Gasteiger partial charge in [-0.3, -0.25) is 4.79 Å². The molecule has 0 fully saturated rings. The van der Waals surface area contributed by atoms with Crippen molar-refractivity contribution in [2.24, 2.45) is 5.92 Å². The number of nitrogens with one attached hydrogen (secondary N) is 1. The fourth-order valence-electron chi connectivity index (χ4n) is 1.37. The van der Waals surface area contributed by atoms with E-state index in [2.05, 4.69) is 19.2 Å². The van der Waals surface area contributed by atoms with Crippen LogP contribution in [-0.2, 0) is 0 Å². The smallest absolute Gasteiger partial charge is 0.162 e. The number of carbonyl (C=O) groups is 1. The van der Waals surface area contributed by atoms with Crippen molar-refractivity contribution in [3.8, 4) is 5.75 Å². The molecular formula is C16H27NO2. The second-order valence-corrected chi connectivity index (χ2v) is 4.90. The van der Waals surface area contributed by atoms with E-state index in [1.807, 2.05) is 45.3 Å². The third-order valence-electron chi connectivity index (χ3n) is 2.24. The summed E-state index contributed by atoms with van der Waals surface area (Å²) in [5.41, 5.74) is 0.777. The van der Waals surface area contributed by atoms with Crippen molar-refractivity contribution in [2.75, 3.05) is 20.7 Å². The van der Waals surface area contributed by atoms with Gasteiger partial charge in [-0.25, -0.2) is 0 Å². The van der Waals surface area contributed by atoms with E-state index in [0.29, 0.717) is 18.9 Å². The van der Waals surface area contributed by atoms with Gasteiger partial charge in [0.25, 0.3) is 0 Å². The predicted octanol–water partition coefficient (Wildman–Crippen LogP) is 3.54. The van der Waals surface area contributed by atoms with Crippen LogP contribution in [0.2, 0.25) is 0 Å². The van der Waals surface area contributed by atoms with E-state index in [0.717, 1.165) is 17.7 Å². The quantitative estimate of drug-likeness (QED) is 0.800. The Hall–Kier alpha value is -1.35. The molecule has 0 atom stereocenters. The van der Waals surface area contributed by atoms with Crippen molar-refractivity contribution in [2.45, 2.75) is 33.6 Å². The van der Waals surface area contributed by atoms with Gasteiger partial charge in [0.2, 0.25) is 0 Å². The second kappa shape index (κ2) is 10.6. The van der Waals surface area contributed by atoms with Crippen LogP contribution >= 0.6 is 0 Å². The first-order chi connectivity index (χ1) is 9.04. The molecule has 0 saturated carbocycles. The fraction of sp³-hybridized carbons (Fsp3) is 0.562. The zero-order valence-corrected chi connectivity index (χ0v) is 12.8. The Labute approximate surface area is 117 Å². The third-order valence-corrected chi connectivity index (χ3v) is 2.24. The summed E-state index contributed by atoms with van der Waals surface area (Å²) in [6, 6.07) is 7.41. The van der Waals surface area contributed by atoms with Crippen LogP contribution < -0.4 is 10.1 Å². The monoisotopic (exact) mass is 265 g/mol. The van der Waals surface area contributed by atoms with Gasteiger partial charge in [-0.1, -0.05) is 20.8 Å².